The molecule has 1 amide bonds. The van der Waals surface area contributed by atoms with Crippen LogP contribution in [0, 0.1) is 0 Å². The molecule has 0 bridgehead atoms. The van der Waals surface area contributed by atoms with Crippen LogP contribution in [0.25, 0.3) is 0 Å². The van der Waals surface area contributed by atoms with E-state index in [0.29, 0.717) is 34.3 Å². The van der Waals surface area contributed by atoms with Gasteiger partial charge in [-0.2, -0.15) is 5.10 Å². The first-order valence-electron chi connectivity index (χ1n) is 11.4. The molecule has 3 rings (SSSR count). The average molecular weight is 544 g/mol. The topological polar surface area (TPSA) is 123 Å². The number of nitrogens with one attached hydrogen (secondary N) is 2. The number of carbonyl (C=O) groups is 2. The van der Waals surface area contributed by atoms with E-state index in [0.717, 1.165) is 12.8 Å². The van der Waals surface area contributed by atoms with Crippen molar-refractivity contribution in [1.82, 2.24) is 10.1 Å². The lowest BCUT2D eigenvalue weighted by molar-refractivity contribution is -0.119. The fourth-order valence-corrected chi connectivity index (χ4v) is 3.99. The maximum absolute atomic E-state index is 12.4. The molecule has 0 aliphatic carbocycles. The second-order valence-corrected chi connectivity index (χ2v) is 9.96. The normalized spacial score (nSPS) is 11.3. The molecule has 37 heavy (non-hydrogen) atoms. The van der Waals surface area contributed by atoms with Gasteiger partial charge in [0.1, 0.15) is 11.5 Å². The summed E-state index contributed by atoms with van der Waals surface area (Å²) < 4.78 is 37.5. The molecule has 0 spiro atoms. The van der Waals surface area contributed by atoms with E-state index in [4.69, 9.17) is 21.1 Å². The fourth-order valence-electron chi connectivity index (χ4n) is 2.89. The highest BCUT2D eigenvalue weighted by molar-refractivity contribution is 7.89. The first-order chi connectivity index (χ1) is 17.8. The largest absolute Gasteiger partial charge is 0.494 e. The van der Waals surface area contributed by atoms with Crippen LogP contribution < -0.4 is 19.6 Å². The van der Waals surface area contributed by atoms with Crippen molar-refractivity contribution >= 4 is 39.7 Å². The summed E-state index contributed by atoms with van der Waals surface area (Å²) >= 11 is 5.75. The van der Waals surface area contributed by atoms with Crippen LogP contribution >= 0.6 is 11.6 Å². The van der Waals surface area contributed by atoms with E-state index in [1.807, 2.05) is 0 Å². The van der Waals surface area contributed by atoms with Crippen LogP contribution in [-0.2, 0) is 14.8 Å². The van der Waals surface area contributed by atoms with Gasteiger partial charge in [0.2, 0.25) is 10.0 Å². The minimum absolute atomic E-state index is 0.0116. The third-order valence-electron chi connectivity index (χ3n) is 4.90. The van der Waals surface area contributed by atoms with Gasteiger partial charge in [-0.3, -0.25) is 4.79 Å². The molecular formula is C26H26ClN3O6S. The van der Waals surface area contributed by atoms with Crippen LogP contribution in [0.3, 0.4) is 0 Å². The Morgan fingerprint density at radius 3 is 2.24 bits per heavy atom. The van der Waals surface area contributed by atoms with Crippen molar-refractivity contribution in [2.45, 2.75) is 24.7 Å². The summed E-state index contributed by atoms with van der Waals surface area (Å²) in [6.07, 6.45) is 3.37. The van der Waals surface area contributed by atoms with Crippen molar-refractivity contribution in [3.05, 3.63) is 88.9 Å². The molecule has 0 atom stereocenters. The molecule has 11 heteroatoms. The molecule has 2 N–H and O–H groups in total. The smallest absolute Gasteiger partial charge is 0.343 e. The first-order valence-corrected chi connectivity index (χ1v) is 13.2. The molecule has 0 aliphatic heterocycles. The third-order valence-corrected chi connectivity index (χ3v) is 6.57. The Balaban J connectivity index is 1.45. The van der Waals surface area contributed by atoms with Gasteiger partial charge >= 0.3 is 5.97 Å². The van der Waals surface area contributed by atoms with Crippen molar-refractivity contribution in [1.29, 1.82) is 0 Å². The number of hydrogen-bond donors (Lipinski definition) is 2. The van der Waals surface area contributed by atoms with Gasteiger partial charge in [0.25, 0.3) is 5.91 Å². The number of halogens is 1. The molecule has 0 saturated carbocycles. The summed E-state index contributed by atoms with van der Waals surface area (Å²) in [4.78, 5) is 24.3. The molecule has 194 valence electrons. The molecule has 3 aromatic carbocycles. The lowest BCUT2D eigenvalue weighted by atomic mass is 10.2. The number of amides is 1. The van der Waals surface area contributed by atoms with E-state index < -0.39 is 28.4 Å². The van der Waals surface area contributed by atoms with Crippen LogP contribution in [0.5, 0.6) is 11.5 Å². The summed E-state index contributed by atoms with van der Waals surface area (Å²) in [5, 5.41) is 4.20. The van der Waals surface area contributed by atoms with Crippen LogP contribution in [0.2, 0.25) is 5.02 Å². The molecule has 0 fully saturated rings. The molecule has 0 saturated heterocycles. The van der Waals surface area contributed by atoms with Crippen molar-refractivity contribution in [3.63, 3.8) is 0 Å². The van der Waals surface area contributed by atoms with Crippen LogP contribution in [0.4, 0.5) is 0 Å². The number of hydrazone groups is 1. The third kappa shape index (κ3) is 9.02. The molecule has 0 heterocycles. The Labute approximate surface area is 220 Å². The monoisotopic (exact) mass is 543 g/mol. The van der Waals surface area contributed by atoms with Gasteiger partial charge in [0, 0.05) is 5.02 Å². The number of rotatable bonds is 12. The lowest BCUT2D eigenvalue weighted by Gasteiger charge is -2.07. The number of hydrogen-bond acceptors (Lipinski definition) is 7. The van der Waals surface area contributed by atoms with E-state index in [2.05, 4.69) is 22.2 Å². The van der Waals surface area contributed by atoms with E-state index in [9.17, 15) is 18.0 Å². The number of carbonyl (C=O) groups excluding carboxylic acids is 2. The average Bonchev–Trinajstić information content (AvgIpc) is 2.89. The number of nitrogens with zero attached hydrogens (tertiary/aromatic N) is 1. The minimum atomic E-state index is -3.86. The summed E-state index contributed by atoms with van der Waals surface area (Å²) in [5.41, 5.74) is 3.25. The molecule has 0 radical (unpaired) electrons. The number of benzene rings is 3. The Hall–Kier alpha value is -3.73. The maximum atomic E-state index is 12.4. The summed E-state index contributed by atoms with van der Waals surface area (Å²) in [5.74, 6) is -0.123. The minimum Gasteiger partial charge on any atom is -0.494 e. The van der Waals surface area contributed by atoms with E-state index in [1.165, 1.54) is 30.5 Å². The van der Waals surface area contributed by atoms with Crippen molar-refractivity contribution in [2.75, 3.05) is 13.2 Å². The van der Waals surface area contributed by atoms with Crippen molar-refractivity contribution in [3.8, 4) is 11.5 Å². The molecule has 9 nitrogen and oxygen atoms in total. The summed E-state index contributed by atoms with van der Waals surface area (Å²) in [6, 6.07) is 18.7. The Morgan fingerprint density at radius 1 is 0.946 bits per heavy atom. The fraction of sp³-hybridized carbons (Fsp3) is 0.192. The van der Waals surface area contributed by atoms with Crippen LogP contribution in [0.1, 0.15) is 35.7 Å². The number of sulfonamides is 1. The Bertz CT molecular complexity index is 1330. The standard InChI is InChI=1S/C26H26ClN3O6S/c1-2-3-16-35-22-12-6-20(7-13-22)26(32)36-23-10-4-19(5-11-23)17-28-30-25(31)18-29-37(33,34)24-14-8-21(27)9-15-24/h4-15,17,29H,2-3,16,18H2,1H3,(H,30,31). The number of unbranched alkanes of at least 4 members (excludes halogenated alkanes) is 1. The molecule has 3 aromatic rings. The summed E-state index contributed by atoms with van der Waals surface area (Å²) in [6.45, 7) is 2.21. The Morgan fingerprint density at radius 2 is 1.59 bits per heavy atom. The first kappa shape index (κ1) is 27.9. The van der Waals surface area contributed by atoms with Crippen LogP contribution in [-0.4, -0.2) is 39.7 Å². The van der Waals surface area contributed by atoms with Crippen molar-refractivity contribution < 1.29 is 27.5 Å². The van der Waals surface area contributed by atoms with E-state index in [-0.39, 0.29) is 4.90 Å². The SMILES string of the molecule is CCCCOc1ccc(C(=O)Oc2ccc(C=NNC(=O)CNS(=O)(=O)c3ccc(Cl)cc3)cc2)cc1. The van der Waals surface area contributed by atoms with Gasteiger partial charge in [-0.15, -0.1) is 0 Å². The molecule has 0 aliphatic rings. The van der Waals surface area contributed by atoms with Gasteiger partial charge in [-0.1, -0.05) is 24.9 Å². The molecule has 0 unspecified atom stereocenters. The van der Waals surface area contributed by atoms with Gasteiger partial charge < -0.3 is 9.47 Å². The highest BCUT2D eigenvalue weighted by atomic mass is 35.5. The molecular weight excluding hydrogens is 518 g/mol. The zero-order valence-corrected chi connectivity index (χ0v) is 21.6. The molecule has 0 aromatic heterocycles. The number of ether oxygens (including phenoxy) is 2. The predicted molar refractivity (Wildman–Crippen MR) is 141 cm³/mol. The van der Waals surface area contributed by atoms with Crippen molar-refractivity contribution in [2.24, 2.45) is 5.10 Å². The quantitative estimate of drug-likeness (QED) is 0.116. The van der Waals surface area contributed by atoms with Gasteiger partial charge in [0.15, 0.2) is 0 Å². The Kier molecular flexibility index (Phi) is 10.2. The zero-order valence-electron chi connectivity index (χ0n) is 20.0. The lowest BCUT2D eigenvalue weighted by Crippen LogP contribution is -2.34. The van der Waals surface area contributed by atoms with Gasteiger partial charge in [0.05, 0.1) is 29.8 Å². The maximum Gasteiger partial charge on any atom is 0.343 e. The van der Waals surface area contributed by atoms with E-state index >= 15 is 0 Å². The highest BCUT2D eigenvalue weighted by Crippen LogP contribution is 2.17. The highest BCUT2D eigenvalue weighted by Gasteiger charge is 2.15. The second kappa shape index (κ2) is 13.5. The number of esters is 1. The van der Waals surface area contributed by atoms with Gasteiger partial charge in [-0.25, -0.2) is 23.4 Å². The predicted octanol–water partition coefficient (Wildman–Crippen LogP) is 4.17. The summed E-state index contributed by atoms with van der Waals surface area (Å²) in [7, 11) is -3.86. The zero-order chi connectivity index (χ0) is 26.7. The van der Waals surface area contributed by atoms with E-state index in [1.54, 1.807) is 48.5 Å². The van der Waals surface area contributed by atoms with Gasteiger partial charge in [-0.05, 0) is 84.8 Å². The van der Waals surface area contributed by atoms with Crippen LogP contribution in [0.15, 0.2) is 82.8 Å². The second-order valence-electron chi connectivity index (χ2n) is 7.76.